The summed E-state index contributed by atoms with van der Waals surface area (Å²) in [6, 6.07) is 0.386. The number of aliphatic hydroxyl groups excluding tert-OH is 1. The van der Waals surface area contributed by atoms with Gasteiger partial charge in [-0.25, -0.2) is 9.67 Å². The molecule has 1 atom stereocenters. The normalized spacial score (nSPS) is 13.5. The maximum absolute atomic E-state index is 9.21. The third kappa shape index (κ3) is 3.60. The first kappa shape index (κ1) is 12.1. The summed E-state index contributed by atoms with van der Waals surface area (Å²) in [7, 11) is 0. The number of aromatic nitrogens is 3. The Hall–Kier alpha value is -0.940. The van der Waals surface area contributed by atoms with Gasteiger partial charge in [-0.2, -0.15) is 5.10 Å². The van der Waals surface area contributed by atoms with E-state index in [-0.39, 0.29) is 12.6 Å². The summed E-state index contributed by atoms with van der Waals surface area (Å²) in [5.74, 6) is 1.66. The molecule has 0 radical (unpaired) electrons. The van der Waals surface area contributed by atoms with Gasteiger partial charge < -0.3 is 10.4 Å². The van der Waals surface area contributed by atoms with E-state index in [2.05, 4.69) is 29.2 Å². The Balaban J connectivity index is 2.62. The van der Waals surface area contributed by atoms with Crippen molar-refractivity contribution in [3.63, 3.8) is 0 Å². The summed E-state index contributed by atoms with van der Waals surface area (Å²) in [5.41, 5.74) is 0. The van der Waals surface area contributed by atoms with Crippen LogP contribution >= 0.6 is 0 Å². The Bertz CT molecular complexity index is 308. The predicted octanol–water partition coefficient (Wildman–Crippen LogP) is 0.254. The van der Waals surface area contributed by atoms with Crippen molar-refractivity contribution in [3.05, 3.63) is 11.6 Å². The molecule has 1 aromatic heterocycles. The highest BCUT2D eigenvalue weighted by atomic mass is 16.3. The summed E-state index contributed by atoms with van der Waals surface area (Å²) >= 11 is 0. The Kier molecular flexibility index (Phi) is 4.23. The van der Waals surface area contributed by atoms with E-state index in [0.29, 0.717) is 12.6 Å². The van der Waals surface area contributed by atoms with Crippen molar-refractivity contribution in [2.45, 2.75) is 46.3 Å². The van der Waals surface area contributed by atoms with Crippen LogP contribution in [0.5, 0.6) is 0 Å². The van der Waals surface area contributed by atoms with E-state index < -0.39 is 0 Å². The van der Waals surface area contributed by atoms with Crippen molar-refractivity contribution in [1.29, 1.82) is 0 Å². The quantitative estimate of drug-likeness (QED) is 0.734. The molecule has 0 saturated heterocycles. The molecule has 1 unspecified atom stereocenters. The molecule has 1 rings (SSSR count). The van der Waals surface area contributed by atoms with Gasteiger partial charge in [-0.15, -0.1) is 0 Å². The standard InChI is InChI=1S/C10H20N4O/c1-7(2)11-10(6-15)5-14-9(4)12-8(3)13-14/h7,10-11,15H,5-6H2,1-4H3. The predicted molar refractivity (Wildman–Crippen MR) is 58.6 cm³/mol. The van der Waals surface area contributed by atoms with E-state index in [1.54, 1.807) is 0 Å². The first-order valence-electron chi connectivity index (χ1n) is 5.28. The molecule has 15 heavy (non-hydrogen) atoms. The van der Waals surface area contributed by atoms with Crippen molar-refractivity contribution in [2.24, 2.45) is 0 Å². The van der Waals surface area contributed by atoms with Gasteiger partial charge in [-0.1, -0.05) is 13.8 Å². The van der Waals surface area contributed by atoms with Gasteiger partial charge in [0.25, 0.3) is 0 Å². The molecule has 0 amide bonds. The number of rotatable bonds is 5. The number of nitrogens with one attached hydrogen (secondary N) is 1. The molecule has 0 saturated carbocycles. The van der Waals surface area contributed by atoms with Crippen molar-refractivity contribution in [2.75, 3.05) is 6.61 Å². The highest BCUT2D eigenvalue weighted by Crippen LogP contribution is 1.99. The van der Waals surface area contributed by atoms with Gasteiger partial charge in [0.05, 0.1) is 19.2 Å². The number of hydrogen-bond acceptors (Lipinski definition) is 4. The number of nitrogens with zero attached hydrogens (tertiary/aromatic N) is 3. The minimum atomic E-state index is 0.0322. The highest BCUT2D eigenvalue weighted by molar-refractivity contribution is 4.88. The zero-order valence-electron chi connectivity index (χ0n) is 9.86. The molecule has 0 fully saturated rings. The van der Waals surface area contributed by atoms with Crippen LogP contribution in [0.4, 0.5) is 0 Å². The summed E-state index contributed by atoms with van der Waals surface area (Å²) < 4.78 is 1.82. The summed E-state index contributed by atoms with van der Waals surface area (Å²) in [4.78, 5) is 4.22. The van der Waals surface area contributed by atoms with Crippen molar-refractivity contribution < 1.29 is 5.11 Å². The largest absolute Gasteiger partial charge is 0.395 e. The molecule has 1 heterocycles. The number of aliphatic hydroxyl groups is 1. The zero-order chi connectivity index (χ0) is 11.4. The van der Waals surface area contributed by atoms with Gasteiger partial charge in [0, 0.05) is 6.04 Å². The average molecular weight is 212 g/mol. The van der Waals surface area contributed by atoms with Gasteiger partial charge >= 0.3 is 0 Å². The minimum Gasteiger partial charge on any atom is -0.395 e. The first-order valence-corrected chi connectivity index (χ1v) is 5.28. The van der Waals surface area contributed by atoms with Crippen LogP contribution in [0.2, 0.25) is 0 Å². The van der Waals surface area contributed by atoms with Crippen LogP contribution < -0.4 is 5.32 Å². The van der Waals surface area contributed by atoms with Gasteiger partial charge in [0.15, 0.2) is 0 Å². The van der Waals surface area contributed by atoms with Crippen molar-refractivity contribution >= 4 is 0 Å². The van der Waals surface area contributed by atoms with Crippen LogP contribution in [0.15, 0.2) is 0 Å². The summed E-state index contributed by atoms with van der Waals surface area (Å²) in [6.07, 6.45) is 0. The van der Waals surface area contributed by atoms with E-state index in [0.717, 1.165) is 11.6 Å². The number of aryl methyl sites for hydroxylation is 2. The fraction of sp³-hybridized carbons (Fsp3) is 0.800. The first-order chi connectivity index (χ1) is 7.02. The van der Waals surface area contributed by atoms with Crippen LogP contribution in [-0.2, 0) is 6.54 Å². The molecule has 86 valence electrons. The molecule has 0 bridgehead atoms. The zero-order valence-corrected chi connectivity index (χ0v) is 9.86. The van der Waals surface area contributed by atoms with Crippen molar-refractivity contribution in [3.8, 4) is 0 Å². The average Bonchev–Trinajstić information content (AvgIpc) is 2.43. The van der Waals surface area contributed by atoms with E-state index >= 15 is 0 Å². The van der Waals surface area contributed by atoms with E-state index in [4.69, 9.17) is 0 Å². The molecule has 5 heteroatoms. The molecular weight excluding hydrogens is 192 g/mol. The maximum Gasteiger partial charge on any atom is 0.147 e. The molecule has 1 aromatic rings. The monoisotopic (exact) mass is 212 g/mol. The smallest absolute Gasteiger partial charge is 0.147 e. The highest BCUT2D eigenvalue weighted by Gasteiger charge is 2.12. The second kappa shape index (κ2) is 5.23. The van der Waals surface area contributed by atoms with E-state index in [1.165, 1.54) is 0 Å². The topological polar surface area (TPSA) is 63.0 Å². The van der Waals surface area contributed by atoms with Crippen LogP contribution in [-0.4, -0.2) is 38.6 Å². The molecule has 0 aliphatic heterocycles. The second-order valence-corrected chi connectivity index (χ2v) is 4.09. The third-order valence-electron chi connectivity index (χ3n) is 2.15. The SMILES string of the molecule is Cc1nc(C)n(CC(CO)NC(C)C)n1. The lowest BCUT2D eigenvalue weighted by molar-refractivity contribution is 0.217. The molecule has 0 aliphatic carbocycles. The molecular formula is C10H20N4O. The van der Waals surface area contributed by atoms with Gasteiger partial charge in [0.2, 0.25) is 0 Å². The second-order valence-electron chi connectivity index (χ2n) is 4.09. The van der Waals surface area contributed by atoms with Crippen LogP contribution in [0.3, 0.4) is 0 Å². The lowest BCUT2D eigenvalue weighted by Gasteiger charge is -2.19. The van der Waals surface area contributed by atoms with E-state index in [9.17, 15) is 5.11 Å². The Morgan fingerprint density at radius 2 is 2.07 bits per heavy atom. The Morgan fingerprint density at radius 3 is 2.47 bits per heavy atom. The minimum absolute atomic E-state index is 0.0322. The third-order valence-corrected chi connectivity index (χ3v) is 2.15. The van der Waals surface area contributed by atoms with Crippen molar-refractivity contribution in [1.82, 2.24) is 20.1 Å². The molecule has 0 aromatic carbocycles. The van der Waals surface area contributed by atoms with Crippen LogP contribution in [0.25, 0.3) is 0 Å². The molecule has 2 N–H and O–H groups in total. The van der Waals surface area contributed by atoms with E-state index in [1.807, 2.05) is 18.5 Å². The molecule has 0 spiro atoms. The van der Waals surface area contributed by atoms with Gasteiger partial charge in [-0.3, -0.25) is 0 Å². The lowest BCUT2D eigenvalue weighted by Crippen LogP contribution is -2.41. The van der Waals surface area contributed by atoms with Crippen LogP contribution in [0.1, 0.15) is 25.5 Å². The maximum atomic E-state index is 9.21. The fourth-order valence-electron chi connectivity index (χ4n) is 1.58. The summed E-state index contributed by atoms with van der Waals surface area (Å²) in [6.45, 7) is 8.67. The van der Waals surface area contributed by atoms with Crippen LogP contribution in [0, 0.1) is 13.8 Å². The molecule has 0 aliphatic rings. The van der Waals surface area contributed by atoms with Gasteiger partial charge in [-0.05, 0) is 13.8 Å². The summed E-state index contributed by atoms with van der Waals surface area (Å²) in [5, 5.41) is 16.7. The Morgan fingerprint density at radius 1 is 1.40 bits per heavy atom. The lowest BCUT2D eigenvalue weighted by atomic mass is 10.2. The van der Waals surface area contributed by atoms with Gasteiger partial charge in [0.1, 0.15) is 11.6 Å². The number of hydrogen-bond donors (Lipinski definition) is 2. The fourth-order valence-corrected chi connectivity index (χ4v) is 1.58. The Labute approximate surface area is 90.5 Å². The molecule has 5 nitrogen and oxygen atoms in total.